The molecule has 0 unspecified atom stereocenters. The number of carboxylic acid groups (broad SMARTS) is 1. The summed E-state index contributed by atoms with van der Waals surface area (Å²) in [6.45, 7) is 6.72. The van der Waals surface area contributed by atoms with Crippen molar-refractivity contribution in [3.63, 3.8) is 0 Å². The number of carbonyl (C=O) groups is 1. The van der Waals surface area contributed by atoms with Gasteiger partial charge in [0.05, 0.1) is 0 Å². The van der Waals surface area contributed by atoms with Crippen LogP contribution in [-0.2, 0) is 4.79 Å². The van der Waals surface area contributed by atoms with Gasteiger partial charge in [-0.2, -0.15) is 0 Å². The maximum atomic E-state index is 10.1. The summed E-state index contributed by atoms with van der Waals surface area (Å²) < 4.78 is 0.981. The van der Waals surface area contributed by atoms with Crippen molar-refractivity contribution in [3.05, 3.63) is 65.7 Å². The zero-order chi connectivity index (χ0) is 12.4. The quantitative estimate of drug-likeness (QED) is 0.673. The summed E-state index contributed by atoms with van der Waals surface area (Å²) in [5.74, 6) is -0.932. The number of hydrogen-bond acceptors (Lipinski definition) is 1. The number of aliphatic carboxylic acids is 1. The molecular formula is C13H13BrO2. The van der Waals surface area contributed by atoms with Crippen molar-refractivity contribution in [2.45, 2.75) is 0 Å². The van der Waals surface area contributed by atoms with E-state index in [9.17, 15) is 4.79 Å². The minimum absolute atomic E-state index is 0.876. The normalized spacial score (nSPS) is 9.06. The number of carboxylic acids is 1. The first-order valence-electron chi connectivity index (χ1n) is 4.50. The van der Waals surface area contributed by atoms with Crippen molar-refractivity contribution in [2.24, 2.45) is 0 Å². The van der Waals surface area contributed by atoms with Gasteiger partial charge in [0, 0.05) is 10.5 Å². The Hall–Kier alpha value is -1.61. The average Bonchev–Trinajstić information content (AvgIpc) is 2.28. The van der Waals surface area contributed by atoms with E-state index in [4.69, 9.17) is 5.11 Å². The number of halogens is 1. The molecule has 1 rings (SSSR count). The summed E-state index contributed by atoms with van der Waals surface area (Å²) >= 11 is 3.29. The third-order valence-corrected chi connectivity index (χ3v) is 1.98. The SMILES string of the molecule is C=CC=C.O=C(O)C=Cc1ccc(Br)cc1. The minimum atomic E-state index is -0.932. The van der Waals surface area contributed by atoms with Crippen LogP contribution in [0.15, 0.2) is 60.1 Å². The molecule has 0 saturated heterocycles. The van der Waals surface area contributed by atoms with E-state index in [1.807, 2.05) is 24.3 Å². The van der Waals surface area contributed by atoms with Crippen LogP contribution in [-0.4, -0.2) is 11.1 Å². The van der Waals surface area contributed by atoms with Crippen LogP contribution in [0.25, 0.3) is 6.08 Å². The van der Waals surface area contributed by atoms with Crippen LogP contribution in [0.4, 0.5) is 0 Å². The van der Waals surface area contributed by atoms with Gasteiger partial charge in [-0.3, -0.25) is 0 Å². The molecule has 0 amide bonds. The van der Waals surface area contributed by atoms with E-state index in [2.05, 4.69) is 29.1 Å². The monoisotopic (exact) mass is 280 g/mol. The smallest absolute Gasteiger partial charge is 0.328 e. The molecule has 1 N–H and O–H groups in total. The minimum Gasteiger partial charge on any atom is -0.478 e. The van der Waals surface area contributed by atoms with E-state index in [1.54, 1.807) is 18.2 Å². The topological polar surface area (TPSA) is 37.3 Å². The Morgan fingerprint density at radius 2 is 1.69 bits per heavy atom. The van der Waals surface area contributed by atoms with E-state index in [1.165, 1.54) is 0 Å². The summed E-state index contributed by atoms with van der Waals surface area (Å²) in [5, 5.41) is 8.33. The lowest BCUT2D eigenvalue weighted by Crippen LogP contribution is -1.85. The lowest BCUT2D eigenvalue weighted by atomic mass is 10.2. The van der Waals surface area contributed by atoms with Gasteiger partial charge in [-0.25, -0.2) is 4.79 Å². The molecule has 0 heterocycles. The Morgan fingerprint density at radius 3 is 2.06 bits per heavy atom. The third-order valence-electron chi connectivity index (χ3n) is 1.46. The van der Waals surface area contributed by atoms with Crippen molar-refractivity contribution in [1.29, 1.82) is 0 Å². The summed E-state index contributed by atoms with van der Waals surface area (Å²) in [4.78, 5) is 10.1. The fourth-order valence-corrected chi connectivity index (χ4v) is 1.01. The van der Waals surface area contributed by atoms with Gasteiger partial charge in [0.25, 0.3) is 0 Å². The molecule has 3 heteroatoms. The molecule has 0 aliphatic heterocycles. The average molecular weight is 281 g/mol. The summed E-state index contributed by atoms with van der Waals surface area (Å²) in [6.07, 6.45) is 5.94. The summed E-state index contributed by atoms with van der Waals surface area (Å²) in [7, 11) is 0. The van der Waals surface area contributed by atoms with Crippen molar-refractivity contribution < 1.29 is 9.90 Å². The highest BCUT2D eigenvalue weighted by Crippen LogP contribution is 2.11. The molecule has 0 saturated carbocycles. The first-order valence-corrected chi connectivity index (χ1v) is 5.29. The van der Waals surface area contributed by atoms with Crippen LogP contribution in [0.2, 0.25) is 0 Å². The molecule has 1 aromatic carbocycles. The van der Waals surface area contributed by atoms with E-state index >= 15 is 0 Å². The van der Waals surface area contributed by atoms with Crippen molar-refractivity contribution in [2.75, 3.05) is 0 Å². The van der Waals surface area contributed by atoms with Crippen LogP contribution in [0, 0.1) is 0 Å². The Bertz CT molecular complexity index is 371. The predicted molar refractivity (Wildman–Crippen MR) is 71.2 cm³/mol. The second-order valence-corrected chi connectivity index (χ2v) is 3.61. The van der Waals surface area contributed by atoms with E-state index in [-0.39, 0.29) is 0 Å². The van der Waals surface area contributed by atoms with Crippen molar-refractivity contribution in [3.8, 4) is 0 Å². The zero-order valence-corrected chi connectivity index (χ0v) is 10.4. The van der Waals surface area contributed by atoms with Crippen LogP contribution >= 0.6 is 15.9 Å². The third kappa shape index (κ3) is 7.76. The Balaban J connectivity index is 0.000000487. The van der Waals surface area contributed by atoms with Gasteiger partial charge >= 0.3 is 5.97 Å². The van der Waals surface area contributed by atoms with Gasteiger partial charge in [-0.05, 0) is 23.8 Å². The molecule has 1 aromatic rings. The fourth-order valence-electron chi connectivity index (χ4n) is 0.741. The number of rotatable bonds is 3. The van der Waals surface area contributed by atoms with E-state index in [0.29, 0.717) is 0 Å². The first kappa shape index (κ1) is 14.4. The lowest BCUT2D eigenvalue weighted by molar-refractivity contribution is -0.131. The second-order valence-electron chi connectivity index (χ2n) is 2.69. The highest BCUT2D eigenvalue weighted by atomic mass is 79.9. The predicted octanol–water partition coefficient (Wildman–Crippen LogP) is 3.91. The van der Waals surface area contributed by atoms with Crippen LogP contribution in [0.3, 0.4) is 0 Å². The first-order chi connectivity index (χ1) is 7.60. The Morgan fingerprint density at radius 1 is 1.19 bits per heavy atom. The molecule has 84 valence electrons. The number of benzene rings is 1. The van der Waals surface area contributed by atoms with Crippen LogP contribution < -0.4 is 0 Å². The maximum Gasteiger partial charge on any atom is 0.328 e. The number of hydrogen-bond donors (Lipinski definition) is 1. The molecule has 0 aromatic heterocycles. The van der Waals surface area contributed by atoms with Gasteiger partial charge < -0.3 is 5.11 Å². The molecule has 0 spiro atoms. The Kier molecular flexibility index (Phi) is 7.81. The van der Waals surface area contributed by atoms with Crippen molar-refractivity contribution >= 4 is 28.0 Å². The van der Waals surface area contributed by atoms with E-state index < -0.39 is 5.97 Å². The standard InChI is InChI=1S/C9H7BrO2.C4H6/c10-8-4-1-7(2-5-8)3-6-9(11)12;1-3-4-2/h1-6H,(H,11,12);3-4H,1-2H2. The molecule has 0 aliphatic rings. The lowest BCUT2D eigenvalue weighted by Gasteiger charge is -1.91. The molecular weight excluding hydrogens is 268 g/mol. The maximum absolute atomic E-state index is 10.1. The van der Waals surface area contributed by atoms with Crippen molar-refractivity contribution in [1.82, 2.24) is 0 Å². The molecule has 16 heavy (non-hydrogen) atoms. The summed E-state index contributed by atoms with van der Waals surface area (Å²) in [6, 6.07) is 7.40. The van der Waals surface area contributed by atoms with Crippen LogP contribution in [0.1, 0.15) is 5.56 Å². The molecule has 0 bridgehead atoms. The fraction of sp³-hybridized carbons (Fsp3) is 0. The van der Waals surface area contributed by atoms with Gasteiger partial charge in [-0.1, -0.05) is 53.4 Å². The summed E-state index contributed by atoms with van der Waals surface area (Å²) in [5.41, 5.74) is 0.876. The van der Waals surface area contributed by atoms with Gasteiger partial charge in [0.2, 0.25) is 0 Å². The highest BCUT2D eigenvalue weighted by molar-refractivity contribution is 9.10. The van der Waals surface area contributed by atoms with Crippen LogP contribution in [0.5, 0.6) is 0 Å². The molecule has 0 aliphatic carbocycles. The van der Waals surface area contributed by atoms with Gasteiger partial charge in [0.15, 0.2) is 0 Å². The van der Waals surface area contributed by atoms with E-state index in [0.717, 1.165) is 16.1 Å². The largest absolute Gasteiger partial charge is 0.478 e. The van der Waals surface area contributed by atoms with Gasteiger partial charge in [0.1, 0.15) is 0 Å². The molecule has 0 fully saturated rings. The zero-order valence-electron chi connectivity index (χ0n) is 8.77. The molecule has 2 nitrogen and oxygen atoms in total. The Labute approximate surface area is 104 Å². The highest BCUT2D eigenvalue weighted by Gasteiger charge is 1.89. The second kappa shape index (κ2) is 8.68. The van der Waals surface area contributed by atoms with Gasteiger partial charge in [-0.15, -0.1) is 0 Å². The number of allylic oxidation sites excluding steroid dienone is 2. The molecule has 0 atom stereocenters. The molecule has 0 radical (unpaired) electrons.